The van der Waals surface area contributed by atoms with Crippen LogP contribution >= 0.6 is 0 Å². The summed E-state index contributed by atoms with van der Waals surface area (Å²) in [5, 5.41) is 3.28. The molecule has 2 fully saturated rings. The fourth-order valence-electron chi connectivity index (χ4n) is 3.03. The molecule has 112 valence electrons. The van der Waals surface area contributed by atoms with Crippen molar-refractivity contribution in [2.45, 2.75) is 38.8 Å². The number of nitrogens with zero attached hydrogens (tertiary/aromatic N) is 2. The highest BCUT2D eigenvalue weighted by atomic mass is 32.2. The van der Waals surface area contributed by atoms with E-state index in [-0.39, 0.29) is 0 Å². The highest BCUT2D eigenvalue weighted by Crippen LogP contribution is 2.21. The van der Waals surface area contributed by atoms with Crippen LogP contribution in [0.1, 0.15) is 26.7 Å². The average molecular weight is 289 g/mol. The summed E-state index contributed by atoms with van der Waals surface area (Å²) in [6.07, 6.45) is 1.97. The van der Waals surface area contributed by atoms with E-state index in [1.165, 1.54) is 0 Å². The quantitative estimate of drug-likeness (QED) is 0.814. The van der Waals surface area contributed by atoms with E-state index in [1.807, 2.05) is 0 Å². The lowest BCUT2D eigenvalue weighted by molar-refractivity contribution is 0.105. The predicted molar refractivity (Wildman–Crippen MR) is 77.6 cm³/mol. The lowest BCUT2D eigenvalue weighted by Crippen LogP contribution is -2.57. The van der Waals surface area contributed by atoms with Gasteiger partial charge >= 0.3 is 0 Å². The van der Waals surface area contributed by atoms with E-state index >= 15 is 0 Å². The number of hydrogen-bond acceptors (Lipinski definition) is 4. The second kappa shape index (κ2) is 6.08. The highest BCUT2D eigenvalue weighted by molar-refractivity contribution is 7.89. The maximum Gasteiger partial charge on any atom is 0.214 e. The van der Waals surface area contributed by atoms with Crippen LogP contribution in [0.2, 0.25) is 0 Å². The van der Waals surface area contributed by atoms with Crippen molar-refractivity contribution < 1.29 is 8.42 Å². The van der Waals surface area contributed by atoms with Gasteiger partial charge in [0.15, 0.2) is 0 Å². The number of sulfonamides is 1. The molecule has 0 amide bonds. The lowest BCUT2D eigenvalue weighted by Gasteiger charge is -2.42. The summed E-state index contributed by atoms with van der Waals surface area (Å²) in [7, 11) is -1.02. The Kier molecular flexibility index (Phi) is 4.87. The Balaban J connectivity index is 1.99. The molecule has 2 saturated heterocycles. The second-order valence-corrected chi connectivity index (χ2v) is 8.17. The van der Waals surface area contributed by atoms with Crippen molar-refractivity contribution in [1.29, 1.82) is 0 Å². The number of piperidine rings is 1. The zero-order valence-corrected chi connectivity index (χ0v) is 13.1. The summed E-state index contributed by atoms with van der Waals surface area (Å²) in [6, 6.07) is 0.595. The first-order chi connectivity index (χ1) is 8.90. The SMILES string of the molecule is CC1CN(S(=O)(=O)CC2CCNCC2)CC(C)N1C. The van der Waals surface area contributed by atoms with E-state index in [0.29, 0.717) is 36.8 Å². The van der Waals surface area contributed by atoms with Gasteiger partial charge in [0.05, 0.1) is 5.75 Å². The summed E-state index contributed by atoms with van der Waals surface area (Å²) in [6.45, 7) is 7.37. The van der Waals surface area contributed by atoms with Crippen LogP contribution in [0.5, 0.6) is 0 Å². The smallest absolute Gasteiger partial charge is 0.214 e. The third-order valence-electron chi connectivity index (χ3n) is 4.62. The van der Waals surface area contributed by atoms with Gasteiger partial charge in [0.2, 0.25) is 10.0 Å². The van der Waals surface area contributed by atoms with E-state index in [9.17, 15) is 8.42 Å². The average Bonchev–Trinajstić information content (AvgIpc) is 2.36. The predicted octanol–water partition coefficient (Wildman–Crippen LogP) is 0.340. The third-order valence-corrected chi connectivity index (χ3v) is 6.60. The van der Waals surface area contributed by atoms with Crippen LogP contribution in [0, 0.1) is 5.92 Å². The largest absolute Gasteiger partial charge is 0.317 e. The van der Waals surface area contributed by atoms with Gasteiger partial charge in [0, 0.05) is 25.2 Å². The Morgan fingerprint density at radius 3 is 2.16 bits per heavy atom. The van der Waals surface area contributed by atoms with Gasteiger partial charge in [0.1, 0.15) is 0 Å². The van der Waals surface area contributed by atoms with Gasteiger partial charge in [-0.15, -0.1) is 0 Å². The molecule has 5 nitrogen and oxygen atoms in total. The minimum Gasteiger partial charge on any atom is -0.317 e. The Labute approximate surface area is 117 Å². The molecular formula is C13H27N3O2S. The molecule has 0 aromatic heterocycles. The van der Waals surface area contributed by atoms with Crippen molar-refractivity contribution >= 4 is 10.0 Å². The van der Waals surface area contributed by atoms with Crippen molar-refractivity contribution in [2.75, 3.05) is 39.0 Å². The van der Waals surface area contributed by atoms with Gasteiger partial charge in [-0.1, -0.05) is 0 Å². The van der Waals surface area contributed by atoms with Gasteiger partial charge < -0.3 is 5.32 Å². The van der Waals surface area contributed by atoms with Crippen molar-refractivity contribution in [2.24, 2.45) is 5.92 Å². The molecule has 6 heteroatoms. The number of piperazine rings is 1. The Bertz CT molecular complexity index is 381. The van der Waals surface area contributed by atoms with Gasteiger partial charge in [-0.2, -0.15) is 4.31 Å². The lowest BCUT2D eigenvalue weighted by atomic mass is 10.0. The first-order valence-electron chi connectivity index (χ1n) is 7.30. The standard InChI is InChI=1S/C13H27N3O2S/c1-11-8-16(9-12(2)15(11)3)19(17,18)10-13-4-6-14-7-5-13/h11-14H,4-10H2,1-3H3. The van der Waals surface area contributed by atoms with Crippen LogP contribution in [0.3, 0.4) is 0 Å². The molecule has 1 N–H and O–H groups in total. The molecule has 2 unspecified atom stereocenters. The number of likely N-dealkylation sites (N-methyl/N-ethyl adjacent to an activating group) is 1. The monoisotopic (exact) mass is 289 g/mol. The summed E-state index contributed by atoms with van der Waals surface area (Å²) in [5.41, 5.74) is 0. The van der Waals surface area contributed by atoms with E-state index in [4.69, 9.17) is 0 Å². The maximum absolute atomic E-state index is 12.5. The summed E-state index contributed by atoms with van der Waals surface area (Å²) < 4.78 is 26.8. The first kappa shape index (κ1) is 15.2. The molecule has 2 heterocycles. The first-order valence-corrected chi connectivity index (χ1v) is 8.91. The molecule has 0 aromatic rings. The number of rotatable bonds is 3. The van der Waals surface area contributed by atoms with Crippen LogP contribution < -0.4 is 5.32 Å². The summed E-state index contributed by atoms with van der Waals surface area (Å²) in [4.78, 5) is 2.26. The van der Waals surface area contributed by atoms with E-state index in [0.717, 1.165) is 25.9 Å². The zero-order chi connectivity index (χ0) is 14.0. The van der Waals surface area contributed by atoms with Crippen molar-refractivity contribution in [3.05, 3.63) is 0 Å². The molecular weight excluding hydrogens is 262 g/mol. The number of nitrogens with one attached hydrogen (secondary N) is 1. The summed E-state index contributed by atoms with van der Waals surface area (Å²) in [5.74, 6) is 0.661. The molecule has 2 aliphatic rings. The molecule has 0 aromatic carbocycles. The Hall–Kier alpha value is -0.170. The van der Waals surface area contributed by atoms with E-state index in [1.54, 1.807) is 4.31 Å². The van der Waals surface area contributed by atoms with Crippen molar-refractivity contribution in [3.63, 3.8) is 0 Å². The minimum absolute atomic E-state index is 0.298. The molecule has 0 spiro atoms. The van der Waals surface area contributed by atoms with Crippen LogP contribution in [0.25, 0.3) is 0 Å². The zero-order valence-electron chi connectivity index (χ0n) is 12.3. The molecule has 2 atom stereocenters. The molecule has 2 rings (SSSR count). The third kappa shape index (κ3) is 3.68. The van der Waals surface area contributed by atoms with E-state index in [2.05, 4.69) is 31.1 Å². The fourth-order valence-corrected chi connectivity index (χ4v) is 5.06. The molecule has 0 saturated carbocycles. The van der Waals surface area contributed by atoms with E-state index < -0.39 is 10.0 Å². The normalized spacial score (nSPS) is 32.6. The molecule has 2 aliphatic heterocycles. The van der Waals surface area contributed by atoms with Gasteiger partial charge in [-0.05, 0) is 52.7 Å². The fraction of sp³-hybridized carbons (Fsp3) is 1.00. The van der Waals surface area contributed by atoms with Crippen LogP contribution in [-0.2, 0) is 10.0 Å². The van der Waals surface area contributed by atoms with Crippen LogP contribution in [0.4, 0.5) is 0 Å². The van der Waals surface area contributed by atoms with Crippen molar-refractivity contribution in [1.82, 2.24) is 14.5 Å². The van der Waals surface area contributed by atoms with Gasteiger partial charge in [0.25, 0.3) is 0 Å². The van der Waals surface area contributed by atoms with Gasteiger partial charge in [-0.3, -0.25) is 4.90 Å². The second-order valence-electron chi connectivity index (χ2n) is 6.15. The molecule has 19 heavy (non-hydrogen) atoms. The Morgan fingerprint density at radius 1 is 1.11 bits per heavy atom. The molecule has 0 radical (unpaired) electrons. The maximum atomic E-state index is 12.5. The van der Waals surface area contributed by atoms with Crippen LogP contribution in [-0.4, -0.2) is 68.7 Å². The minimum atomic E-state index is -3.09. The van der Waals surface area contributed by atoms with Crippen molar-refractivity contribution in [3.8, 4) is 0 Å². The summed E-state index contributed by atoms with van der Waals surface area (Å²) >= 11 is 0. The topological polar surface area (TPSA) is 52.7 Å². The number of hydrogen-bond donors (Lipinski definition) is 1. The Morgan fingerprint density at radius 2 is 1.63 bits per heavy atom. The highest BCUT2D eigenvalue weighted by Gasteiger charge is 2.34. The van der Waals surface area contributed by atoms with Crippen LogP contribution in [0.15, 0.2) is 0 Å². The van der Waals surface area contributed by atoms with Gasteiger partial charge in [-0.25, -0.2) is 8.42 Å². The molecule has 0 aliphatic carbocycles. The molecule has 0 bridgehead atoms.